The lowest BCUT2D eigenvalue weighted by atomic mass is 10.7. The highest BCUT2D eigenvalue weighted by atomic mass is 31.2. The third kappa shape index (κ3) is 4.36. The number of hydrogen-bond acceptors (Lipinski definition) is 3. The van der Waals surface area contributed by atoms with Crippen LogP contribution in [-0.2, 0) is 9.05 Å². The first-order valence-electron chi connectivity index (χ1n) is 4.60. The largest absolute Gasteiger partial charge is 0.322 e. The van der Waals surface area contributed by atoms with Crippen LogP contribution in [0.15, 0.2) is 0 Å². The van der Waals surface area contributed by atoms with Crippen molar-refractivity contribution >= 4 is 8.53 Å². The lowest BCUT2D eigenvalue weighted by Crippen LogP contribution is -2.19. The zero-order valence-electron chi connectivity index (χ0n) is 8.54. The Morgan fingerprint density at radius 1 is 0.917 bits per heavy atom. The topological polar surface area (TPSA) is 21.7 Å². The Balaban J connectivity index is 3.86. The lowest BCUT2D eigenvalue weighted by molar-refractivity contribution is 0.223. The molecule has 0 aliphatic heterocycles. The smallest absolute Gasteiger partial charge is 0.258 e. The van der Waals surface area contributed by atoms with Crippen molar-refractivity contribution in [3.05, 3.63) is 0 Å². The van der Waals surface area contributed by atoms with E-state index in [2.05, 4.69) is 18.5 Å². The molecule has 0 aliphatic carbocycles. The van der Waals surface area contributed by atoms with E-state index >= 15 is 0 Å². The Morgan fingerprint density at radius 3 is 1.58 bits per heavy atom. The fourth-order valence-corrected chi connectivity index (χ4v) is 2.18. The molecule has 0 rings (SSSR count). The summed E-state index contributed by atoms with van der Waals surface area (Å²) >= 11 is 0. The average Bonchev–Trinajstić information content (AvgIpc) is 2.07. The highest BCUT2D eigenvalue weighted by Gasteiger charge is 2.16. The van der Waals surface area contributed by atoms with Crippen LogP contribution in [0.2, 0.25) is 0 Å². The molecule has 0 saturated heterocycles. The van der Waals surface area contributed by atoms with Gasteiger partial charge >= 0.3 is 0 Å². The summed E-state index contributed by atoms with van der Waals surface area (Å²) in [6.45, 7) is 11.7. The Kier molecular flexibility index (Phi) is 8.14. The molecule has 0 spiro atoms. The van der Waals surface area contributed by atoms with E-state index in [0.717, 1.165) is 26.3 Å². The van der Waals surface area contributed by atoms with E-state index in [9.17, 15) is 0 Å². The van der Waals surface area contributed by atoms with Crippen LogP contribution in [0.3, 0.4) is 0 Å². The van der Waals surface area contributed by atoms with Gasteiger partial charge in [0.05, 0.1) is 13.2 Å². The Morgan fingerprint density at radius 2 is 1.33 bits per heavy atom. The third-order valence-electron chi connectivity index (χ3n) is 1.44. The van der Waals surface area contributed by atoms with Crippen LogP contribution in [0, 0.1) is 0 Å². The standard InChI is InChI=1S/C8H20NO2P/c1-5-9(6-2)12(10-7-3)11-8-4/h5-8H2,1-4H3. The molecule has 12 heavy (non-hydrogen) atoms. The van der Waals surface area contributed by atoms with Crippen LogP contribution in [-0.4, -0.2) is 31.0 Å². The maximum Gasteiger partial charge on any atom is 0.258 e. The van der Waals surface area contributed by atoms with E-state index in [4.69, 9.17) is 9.05 Å². The molecule has 0 aromatic carbocycles. The fourth-order valence-electron chi connectivity index (χ4n) is 0.876. The highest BCUT2D eigenvalue weighted by Crippen LogP contribution is 2.41. The summed E-state index contributed by atoms with van der Waals surface area (Å²) in [5.41, 5.74) is 0. The number of hydrogen-bond donors (Lipinski definition) is 0. The summed E-state index contributed by atoms with van der Waals surface area (Å²) in [5.74, 6) is 0. The minimum Gasteiger partial charge on any atom is -0.322 e. The van der Waals surface area contributed by atoms with Gasteiger partial charge in [-0.05, 0) is 13.8 Å². The molecule has 0 saturated carbocycles. The Hall–Kier alpha value is 0.310. The van der Waals surface area contributed by atoms with Gasteiger partial charge in [-0.15, -0.1) is 0 Å². The molecular weight excluding hydrogens is 173 g/mol. The van der Waals surface area contributed by atoms with Crippen molar-refractivity contribution in [3.63, 3.8) is 0 Å². The van der Waals surface area contributed by atoms with Gasteiger partial charge in [-0.3, -0.25) is 0 Å². The summed E-state index contributed by atoms with van der Waals surface area (Å²) in [7, 11) is -0.791. The molecule has 4 heteroatoms. The van der Waals surface area contributed by atoms with E-state index in [1.54, 1.807) is 0 Å². The quantitative estimate of drug-likeness (QED) is 0.580. The first kappa shape index (κ1) is 12.3. The first-order chi connectivity index (χ1) is 5.79. The molecule has 0 unspecified atom stereocenters. The zero-order chi connectivity index (χ0) is 9.40. The average molecular weight is 193 g/mol. The summed E-state index contributed by atoms with van der Waals surface area (Å²) in [5, 5.41) is 0. The van der Waals surface area contributed by atoms with Gasteiger partial charge < -0.3 is 9.05 Å². The second kappa shape index (κ2) is 7.93. The molecule has 0 amide bonds. The molecule has 3 nitrogen and oxygen atoms in total. The second-order valence-corrected chi connectivity index (χ2v) is 3.77. The normalized spacial score (nSPS) is 11.5. The molecule has 74 valence electrons. The Labute approximate surface area is 77.0 Å². The maximum atomic E-state index is 5.49. The summed E-state index contributed by atoms with van der Waals surface area (Å²) in [6, 6.07) is 0. The zero-order valence-corrected chi connectivity index (χ0v) is 9.43. The van der Waals surface area contributed by atoms with Crippen LogP contribution in [0.4, 0.5) is 0 Å². The van der Waals surface area contributed by atoms with Crippen molar-refractivity contribution in [1.82, 2.24) is 4.67 Å². The van der Waals surface area contributed by atoms with Gasteiger partial charge in [-0.25, -0.2) is 4.67 Å². The number of nitrogens with zero attached hydrogens (tertiary/aromatic N) is 1. The summed E-state index contributed by atoms with van der Waals surface area (Å²) in [4.78, 5) is 0. The monoisotopic (exact) mass is 193 g/mol. The third-order valence-corrected chi connectivity index (χ3v) is 3.43. The van der Waals surface area contributed by atoms with E-state index in [1.165, 1.54) is 0 Å². The van der Waals surface area contributed by atoms with Crippen molar-refractivity contribution < 1.29 is 9.05 Å². The van der Waals surface area contributed by atoms with Gasteiger partial charge in [0.25, 0.3) is 8.53 Å². The van der Waals surface area contributed by atoms with E-state index < -0.39 is 8.53 Å². The number of rotatable bonds is 7. The molecule has 0 bridgehead atoms. The predicted molar refractivity (Wildman–Crippen MR) is 53.1 cm³/mol. The summed E-state index contributed by atoms with van der Waals surface area (Å²) in [6.07, 6.45) is 0. The van der Waals surface area contributed by atoms with E-state index in [-0.39, 0.29) is 0 Å². The molecule has 0 aromatic rings. The van der Waals surface area contributed by atoms with Gasteiger partial charge in [-0.2, -0.15) is 0 Å². The van der Waals surface area contributed by atoms with E-state index in [1.807, 2.05) is 13.8 Å². The van der Waals surface area contributed by atoms with Gasteiger partial charge in [0.2, 0.25) is 0 Å². The van der Waals surface area contributed by atoms with Crippen LogP contribution < -0.4 is 0 Å². The van der Waals surface area contributed by atoms with Crippen molar-refractivity contribution in [2.45, 2.75) is 27.7 Å². The molecule has 0 atom stereocenters. The molecule has 0 radical (unpaired) electrons. The van der Waals surface area contributed by atoms with Crippen LogP contribution in [0.25, 0.3) is 0 Å². The van der Waals surface area contributed by atoms with Crippen molar-refractivity contribution in [2.24, 2.45) is 0 Å². The maximum absolute atomic E-state index is 5.49. The Bertz CT molecular complexity index is 93.1. The van der Waals surface area contributed by atoms with Crippen molar-refractivity contribution in [1.29, 1.82) is 0 Å². The van der Waals surface area contributed by atoms with E-state index in [0.29, 0.717) is 0 Å². The summed E-state index contributed by atoms with van der Waals surface area (Å²) < 4.78 is 13.2. The first-order valence-corrected chi connectivity index (χ1v) is 5.73. The minimum absolute atomic E-state index is 0.724. The minimum atomic E-state index is -0.791. The van der Waals surface area contributed by atoms with Crippen molar-refractivity contribution in [2.75, 3.05) is 26.3 Å². The fraction of sp³-hybridized carbons (Fsp3) is 1.00. The molecule has 0 N–H and O–H groups in total. The second-order valence-electron chi connectivity index (χ2n) is 2.21. The van der Waals surface area contributed by atoms with Crippen LogP contribution in [0.1, 0.15) is 27.7 Å². The molecule has 0 aliphatic rings. The highest BCUT2D eigenvalue weighted by molar-refractivity contribution is 7.44. The molecular formula is C8H20NO2P. The van der Waals surface area contributed by atoms with Crippen molar-refractivity contribution in [3.8, 4) is 0 Å². The molecule has 0 fully saturated rings. The van der Waals surface area contributed by atoms with Crippen LogP contribution >= 0.6 is 8.53 Å². The van der Waals surface area contributed by atoms with Gasteiger partial charge in [0.15, 0.2) is 0 Å². The predicted octanol–water partition coefficient (Wildman–Crippen LogP) is 2.63. The van der Waals surface area contributed by atoms with Gasteiger partial charge in [-0.1, -0.05) is 13.8 Å². The van der Waals surface area contributed by atoms with Gasteiger partial charge in [0.1, 0.15) is 0 Å². The lowest BCUT2D eigenvalue weighted by Gasteiger charge is -2.26. The molecule has 0 aromatic heterocycles. The molecule has 0 heterocycles. The van der Waals surface area contributed by atoms with Gasteiger partial charge in [0, 0.05) is 13.1 Å². The van der Waals surface area contributed by atoms with Crippen LogP contribution in [0.5, 0.6) is 0 Å². The SMILES string of the molecule is CCOP(OCC)N(CC)CC.